The highest BCUT2D eigenvalue weighted by molar-refractivity contribution is 5.90. The first-order valence-corrected chi connectivity index (χ1v) is 10.2. The van der Waals surface area contributed by atoms with Gasteiger partial charge in [0.05, 0.1) is 36.1 Å². The molecule has 1 aromatic carbocycles. The number of nitrogens with zero attached hydrogens (tertiary/aromatic N) is 2. The Morgan fingerprint density at radius 3 is 2.77 bits per heavy atom. The van der Waals surface area contributed by atoms with Crippen molar-refractivity contribution in [3.05, 3.63) is 56.9 Å². The van der Waals surface area contributed by atoms with Gasteiger partial charge in [0.15, 0.2) is 5.60 Å². The molecule has 0 aliphatic carbocycles. The Balaban J connectivity index is 1.83. The van der Waals surface area contributed by atoms with Gasteiger partial charge in [0.25, 0.3) is 5.56 Å². The van der Waals surface area contributed by atoms with Crippen LogP contribution >= 0.6 is 0 Å². The summed E-state index contributed by atoms with van der Waals surface area (Å²) in [6.45, 7) is 3.74. The first-order chi connectivity index (χ1) is 14.8. The Labute approximate surface area is 178 Å². The van der Waals surface area contributed by atoms with E-state index in [9.17, 15) is 14.7 Å². The van der Waals surface area contributed by atoms with Crippen molar-refractivity contribution < 1.29 is 19.4 Å². The molecule has 5 rings (SSSR count). The molecule has 2 aliphatic rings. The number of cyclic esters (lactones) is 1. The molecular weight excluding hydrogens is 398 g/mol. The second-order valence-electron chi connectivity index (χ2n) is 8.13. The number of fused-ring (bicyclic) bond motifs is 5. The van der Waals surface area contributed by atoms with Crippen molar-refractivity contribution in [3.63, 3.8) is 0 Å². The number of ether oxygens (including phenoxy) is 2. The van der Waals surface area contributed by atoms with Crippen LogP contribution in [-0.2, 0) is 28.3 Å². The Kier molecular flexibility index (Phi) is 4.22. The van der Waals surface area contributed by atoms with Crippen molar-refractivity contribution in [1.82, 2.24) is 9.55 Å². The fourth-order valence-electron chi connectivity index (χ4n) is 4.74. The number of esters is 1. The van der Waals surface area contributed by atoms with Gasteiger partial charge in [-0.3, -0.25) is 4.79 Å². The number of benzene rings is 1. The molecule has 3 N–H and O–H groups in total. The zero-order valence-electron chi connectivity index (χ0n) is 17.6. The Morgan fingerprint density at radius 1 is 1.32 bits per heavy atom. The molecule has 0 radical (unpaired) electrons. The van der Waals surface area contributed by atoms with Gasteiger partial charge < -0.3 is 24.9 Å². The van der Waals surface area contributed by atoms with Gasteiger partial charge in [0, 0.05) is 22.6 Å². The normalized spacial score (nSPS) is 20.1. The lowest BCUT2D eigenvalue weighted by Gasteiger charge is -2.31. The fourth-order valence-corrected chi connectivity index (χ4v) is 4.74. The minimum absolute atomic E-state index is 0.102. The molecule has 2 atom stereocenters. The van der Waals surface area contributed by atoms with Crippen LogP contribution < -0.4 is 16.0 Å². The summed E-state index contributed by atoms with van der Waals surface area (Å²) in [5.74, 6) is -0.0390. The van der Waals surface area contributed by atoms with E-state index in [-0.39, 0.29) is 24.6 Å². The molecule has 0 saturated carbocycles. The molecule has 3 aromatic rings. The summed E-state index contributed by atoms with van der Waals surface area (Å²) >= 11 is 0. The monoisotopic (exact) mass is 421 g/mol. The number of pyridine rings is 2. The Bertz CT molecular complexity index is 1330. The molecule has 4 heterocycles. The molecule has 2 aromatic heterocycles. The quantitative estimate of drug-likeness (QED) is 0.487. The number of methoxy groups -OCH3 is 1. The van der Waals surface area contributed by atoms with Crippen LogP contribution in [0.4, 0.5) is 0 Å². The maximum absolute atomic E-state index is 13.3. The number of nitrogens with two attached hydrogens (primary N) is 1. The van der Waals surface area contributed by atoms with Crippen molar-refractivity contribution in [2.24, 2.45) is 5.73 Å². The van der Waals surface area contributed by atoms with Crippen LogP contribution in [0.2, 0.25) is 0 Å². The molecule has 0 fully saturated rings. The van der Waals surface area contributed by atoms with Gasteiger partial charge in [-0.15, -0.1) is 0 Å². The fraction of sp³-hybridized carbons (Fsp3) is 0.348. The van der Waals surface area contributed by atoms with Crippen molar-refractivity contribution >= 4 is 16.9 Å². The number of carbonyl (C=O) groups is 1. The van der Waals surface area contributed by atoms with Crippen molar-refractivity contribution in [2.45, 2.75) is 45.1 Å². The van der Waals surface area contributed by atoms with Gasteiger partial charge in [0.2, 0.25) is 0 Å². The van der Waals surface area contributed by atoms with Crippen LogP contribution in [0.3, 0.4) is 0 Å². The van der Waals surface area contributed by atoms with Crippen LogP contribution in [0.25, 0.3) is 22.3 Å². The van der Waals surface area contributed by atoms with Crippen molar-refractivity contribution in [1.29, 1.82) is 0 Å². The van der Waals surface area contributed by atoms with Crippen LogP contribution in [0.1, 0.15) is 48.6 Å². The van der Waals surface area contributed by atoms with Crippen LogP contribution in [0.15, 0.2) is 29.1 Å². The number of aliphatic hydroxyl groups is 1. The van der Waals surface area contributed by atoms with Gasteiger partial charge in [0.1, 0.15) is 12.4 Å². The molecule has 160 valence electrons. The SMILES string of the molecule is CC[C@@]1(O)C(=O)OCc2c1cc1n(c2=O)Cc2c-1nc1ccc(OC)cc1c2[C@@H](C)N. The lowest BCUT2D eigenvalue weighted by molar-refractivity contribution is -0.172. The molecule has 0 spiro atoms. The molecule has 0 amide bonds. The summed E-state index contributed by atoms with van der Waals surface area (Å²) in [5.41, 5.74) is 8.53. The summed E-state index contributed by atoms with van der Waals surface area (Å²) < 4.78 is 12.1. The zero-order valence-corrected chi connectivity index (χ0v) is 17.6. The van der Waals surface area contributed by atoms with Crippen molar-refractivity contribution in [2.75, 3.05) is 7.11 Å². The maximum Gasteiger partial charge on any atom is 0.343 e. The highest BCUT2D eigenvalue weighted by Crippen LogP contribution is 2.41. The standard InChI is InChI=1S/C23H23N3O5/c1-4-23(29)16-8-18-20-14(9-26(18)21(27)15(16)10-31-22(23)28)19(11(2)24)13-7-12(30-3)5-6-17(13)25-20/h5-8,11,29H,4,9-10,24H2,1-3H3/t11-,23+/m1/s1. The van der Waals surface area contributed by atoms with E-state index >= 15 is 0 Å². The van der Waals surface area contributed by atoms with E-state index in [1.807, 2.05) is 25.1 Å². The third-order valence-electron chi connectivity index (χ3n) is 6.39. The van der Waals surface area contributed by atoms with Crippen LogP contribution in [0, 0.1) is 0 Å². The summed E-state index contributed by atoms with van der Waals surface area (Å²) in [6.07, 6.45) is 0.102. The Morgan fingerprint density at radius 2 is 2.10 bits per heavy atom. The molecule has 0 saturated heterocycles. The molecule has 0 bridgehead atoms. The second kappa shape index (κ2) is 6.63. The van der Waals surface area contributed by atoms with Gasteiger partial charge in [-0.1, -0.05) is 6.92 Å². The van der Waals surface area contributed by atoms with Crippen molar-refractivity contribution in [3.8, 4) is 17.1 Å². The van der Waals surface area contributed by atoms with E-state index in [1.54, 1.807) is 24.7 Å². The summed E-state index contributed by atoms with van der Waals surface area (Å²) in [6, 6.07) is 7.00. The first-order valence-electron chi connectivity index (χ1n) is 10.2. The van der Waals surface area contributed by atoms with E-state index in [0.29, 0.717) is 34.8 Å². The average molecular weight is 421 g/mol. The molecule has 31 heavy (non-hydrogen) atoms. The third-order valence-corrected chi connectivity index (χ3v) is 6.39. The predicted octanol–water partition coefficient (Wildman–Crippen LogP) is 2.11. The summed E-state index contributed by atoms with van der Waals surface area (Å²) in [4.78, 5) is 30.5. The minimum Gasteiger partial charge on any atom is -0.497 e. The summed E-state index contributed by atoms with van der Waals surface area (Å²) in [5, 5.41) is 11.9. The van der Waals surface area contributed by atoms with E-state index in [1.165, 1.54) is 0 Å². The van der Waals surface area contributed by atoms with E-state index in [4.69, 9.17) is 20.2 Å². The smallest absolute Gasteiger partial charge is 0.343 e. The van der Waals surface area contributed by atoms with E-state index in [2.05, 4.69) is 0 Å². The number of hydrogen-bond acceptors (Lipinski definition) is 7. The number of hydrogen-bond donors (Lipinski definition) is 2. The highest BCUT2D eigenvalue weighted by Gasteiger charge is 2.45. The number of carbonyl (C=O) groups excluding carboxylic acids is 1. The second-order valence-corrected chi connectivity index (χ2v) is 8.13. The molecule has 0 unspecified atom stereocenters. The summed E-state index contributed by atoms with van der Waals surface area (Å²) in [7, 11) is 1.60. The average Bonchev–Trinajstić information content (AvgIpc) is 3.12. The van der Waals surface area contributed by atoms with E-state index in [0.717, 1.165) is 22.0 Å². The molecule has 2 aliphatic heterocycles. The lowest BCUT2D eigenvalue weighted by atomic mass is 9.86. The van der Waals surface area contributed by atoms with E-state index < -0.39 is 11.6 Å². The Hall–Kier alpha value is -3.23. The molecular formula is C23H23N3O5. The number of rotatable bonds is 3. The topological polar surface area (TPSA) is 117 Å². The molecule has 8 nitrogen and oxygen atoms in total. The van der Waals surface area contributed by atoms with Gasteiger partial charge in [-0.25, -0.2) is 9.78 Å². The van der Waals surface area contributed by atoms with Gasteiger partial charge in [-0.05, 0) is 43.2 Å². The lowest BCUT2D eigenvalue weighted by Crippen LogP contribution is -2.44. The van der Waals surface area contributed by atoms with Gasteiger partial charge in [-0.2, -0.15) is 0 Å². The highest BCUT2D eigenvalue weighted by atomic mass is 16.6. The largest absolute Gasteiger partial charge is 0.497 e. The van der Waals surface area contributed by atoms with Gasteiger partial charge >= 0.3 is 5.97 Å². The number of aromatic nitrogens is 2. The van der Waals surface area contributed by atoms with Crippen LogP contribution in [0.5, 0.6) is 5.75 Å². The zero-order chi connectivity index (χ0) is 22.1. The first kappa shape index (κ1) is 19.7. The predicted molar refractivity (Wildman–Crippen MR) is 114 cm³/mol. The minimum atomic E-state index is -1.85. The van der Waals surface area contributed by atoms with Crippen LogP contribution in [-0.4, -0.2) is 27.7 Å². The molecule has 8 heteroatoms. The third kappa shape index (κ3) is 2.58. The maximum atomic E-state index is 13.3.